The summed E-state index contributed by atoms with van der Waals surface area (Å²) in [5.41, 5.74) is 0.475. The van der Waals surface area contributed by atoms with Gasteiger partial charge in [0.1, 0.15) is 6.54 Å². The van der Waals surface area contributed by atoms with E-state index < -0.39 is 12.7 Å². The van der Waals surface area contributed by atoms with Gasteiger partial charge in [-0.2, -0.15) is 13.2 Å². The van der Waals surface area contributed by atoms with Crippen LogP contribution >= 0.6 is 11.6 Å². The molecule has 0 saturated heterocycles. The van der Waals surface area contributed by atoms with Gasteiger partial charge in [0.25, 0.3) is 0 Å². The lowest BCUT2D eigenvalue weighted by atomic mass is 10.3. The number of rotatable bonds is 4. The minimum Gasteiger partial charge on any atom is -0.361 e. The number of aromatic nitrogens is 1. The van der Waals surface area contributed by atoms with Gasteiger partial charge in [-0.05, 0) is 12.1 Å². The highest BCUT2D eigenvalue weighted by Gasteiger charge is 2.30. The Labute approximate surface area is 90.7 Å². The van der Waals surface area contributed by atoms with Gasteiger partial charge in [0, 0.05) is 30.5 Å². The zero-order chi connectivity index (χ0) is 11.3. The summed E-state index contributed by atoms with van der Waals surface area (Å²) in [6.45, 7) is -0.838. The number of halogens is 4. The molecule has 1 aromatic heterocycles. The molecule has 0 aliphatic rings. The van der Waals surface area contributed by atoms with Gasteiger partial charge in [-0.25, -0.2) is 0 Å². The first-order valence-electron chi connectivity index (χ1n) is 4.30. The predicted molar refractivity (Wildman–Crippen MR) is 53.2 cm³/mol. The van der Waals surface area contributed by atoms with E-state index in [0.29, 0.717) is 5.69 Å². The SMILES string of the molecule is FC(F)(F)CN(CCCl)c1ccncc1. The summed E-state index contributed by atoms with van der Waals surface area (Å²) in [6, 6.07) is 3.05. The summed E-state index contributed by atoms with van der Waals surface area (Å²) in [7, 11) is 0. The van der Waals surface area contributed by atoms with Crippen molar-refractivity contribution in [3.8, 4) is 0 Å². The van der Waals surface area contributed by atoms with Crippen molar-refractivity contribution in [1.29, 1.82) is 0 Å². The van der Waals surface area contributed by atoms with E-state index >= 15 is 0 Å². The third kappa shape index (κ3) is 4.38. The number of nitrogens with zero attached hydrogens (tertiary/aromatic N) is 2. The molecule has 15 heavy (non-hydrogen) atoms. The fourth-order valence-corrected chi connectivity index (χ4v) is 1.38. The van der Waals surface area contributed by atoms with Crippen LogP contribution in [0.4, 0.5) is 18.9 Å². The van der Waals surface area contributed by atoms with Gasteiger partial charge in [-0.15, -0.1) is 11.6 Å². The van der Waals surface area contributed by atoms with Gasteiger partial charge in [0.2, 0.25) is 0 Å². The molecule has 0 saturated carbocycles. The van der Waals surface area contributed by atoms with Gasteiger partial charge in [-0.1, -0.05) is 0 Å². The Hall–Kier alpha value is -0.970. The number of anilines is 1. The van der Waals surface area contributed by atoms with Crippen molar-refractivity contribution in [3.05, 3.63) is 24.5 Å². The normalized spacial score (nSPS) is 11.5. The first-order chi connectivity index (χ1) is 7.03. The molecule has 84 valence electrons. The number of pyridine rings is 1. The van der Waals surface area contributed by atoms with Gasteiger partial charge in [0.05, 0.1) is 0 Å². The molecule has 1 aromatic rings. The highest BCUT2D eigenvalue weighted by molar-refractivity contribution is 6.18. The molecule has 0 bridgehead atoms. The number of hydrogen-bond donors (Lipinski definition) is 0. The average molecular weight is 239 g/mol. The van der Waals surface area contributed by atoms with Crippen molar-refractivity contribution in [1.82, 2.24) is 4.98 Å². The first-order valence-corrected chi connectivity index (χ1v) is 4.84. The summed E-state index contributed by atoms with van der Waals surface area (Å²) in [6.07, 6.45) is -1.32. The maximum atomic E-state index is 12.2. The lowest BCUT2D eigenvalue weighted by Crippen LogP contribution is -2.35. The van der Waals surface area contributed by atoms with E-state index in [1.165, 1.54) is 29.4 Å². The summed E-state index contributed by atoms with van der Waals surface area (Å²) >= 11 is 5.45. The van der Waals surface area contributed by atoms with E-state index in [9.17, 15) is 13.2 Å². The van der Waals surface area contributed by atoms with Crippen LogP contribution in [0.3, 0.4) is 0 Å². The molecule has 0 radical (unpaired) electrons. The lowest BCUT2D eigenvalue weighted by molar-refractivity contribution is -0.119. The second-order valence-corrected chi connectivity index (χ2v) is 3.31. The number of hydrogen-bond acceptors (Lipinski definition) is 2. The van der Waals surface area contributed by atoms with Crippen LogP contribution in [0.1, 0.15) is 0 Å². The zero-order valence-corrected chi connectivity index (χ0v) is 8.59. The van der Waals surface area contributed by atoms with Crippen molar-refractivity contribution >= 4 is 17.3 Å². The molecule has 0 aliphatic heterocycles. The standard InChI is InChI=1S/C9H10ClF3N2/c10-3-6-15(7-9(11,12)13)8-1-4-14-5-2-8/h1-2,4-5H,3,6-7H2. The molecule has 0 fully saturated rings. The van der Waals surface area contributed by atoms with Crippen LogP contribution in [-0.4, -0.2) is 30.1 Å². The molecule has 0 atom stereocenters. The molecular weight excluding hydrogens is 229 g/mol. The van der Waals surface area contributed by atoms with Gasteiger partial charge >= 0.3 is 6.18 Å². The lowest BCUT2D eigenvalue weighted by Gasteiger charge is -2.24. The van der Waals surface area contributed by atoms with E-state index in [-0.39, 0.29) is 12.4 Å². The molecule has 0 unspecified atom stereocenters. The van der Waals surface area contributed by atoms with Crippen LogP contribution in [0.15, 0.2) is 24.5 Å². The Balaban J connectivity index is 2.75. The molecule has 1 heterocycles. The van der Waals surface area contributed by atoms with Crippen LogP contribution in [0, 0.1) is 0 Å². The molecule has 2 nitrogen and oxygen atoms in total. The van der Waals surface area contributed by atoms with Crippen LogP contribution < -0.4 is 4.90 Å². The van der Waals surface area contributed by atoms with E-state index in [0.717, 1.165) is 0 Å². The smallest absolute Gasteiger partial charge is 0.361 e. The van der Waals surface area contributed by atoms with Crippen LogP contribution in [0.2, 0.25) is 0 Å². The van der Waals surface area contributed by atoms with Gasteiger partial charge in [0.15, 0.2) is 0 Å². The molecule has 6 heteroatoms. The minimum atomic E-state index is -4.23. The maximum Gasteiger partial charge on any atom is 0.405 e. The van der Waals surface area contributed by atoms with Crippen LogP contribution in [0.5, 0.6) is 0 Å². The predicted octanol–water partition coefficient (Wildman–Crippen LogP) is 2.69. The molecular formula is C9H10ClF3N2. The Morgan fingerprint density at radius 2 is 1.87 bits per heavy atom. The summed E-state index contributed by atoms with van der Waals surface area (Å²) in [4.78, 5) is 4.92. The van der Waals surface area contributed by atoms with E-state index in [1.807, 2.05) is 0 Å². The molecule has 0 spiro atoms. The maximum absolute atomic E-state index is 12.2. The van der Waals surface area contributed by atoms with Crippen LogP contribution in [-0.2, 0) is 0 Å². The highest BCUT2D eigenvalue weighted by Crippen LogP contribution is 2.21. The van der Waals surface area contributed by atoms with Crippen LogP contribution in [0.25, 0.3) is 0 Å². The largest absolute Gasteiger partial charge is 0.405 e. The Bertz CT molecular complexity index is 289. The second kappa shape index (κ2) is 5.21. The van der Waals surface area contributed by atoms with Crippen molar-refractivity contribution in [2.24, 2.45) is 0 Å². The van der Waals surface area contributed by atoms with Crippen molar-refractivity contribution in [2.45, 2.75) is 6.18 Å². The molecule has 0 aromatic carbocycles. The Morgan fingerprint density at radius 1 is 1.27 bits per heavy atom. The fourth-order valence-electron chi connectivity index (χ4n) is 1.17. The third-order valence-electron chi connectivity index (χ3n) is 1.75. The highest BCUT2D eigenvalue weighted by atomic mass is 35.5. The number of alkyl halides is 4. The average Bonchev–Trinajstić information content (AvgIpc) is 2.17. The fraction of sp³-hybridized carbons (Fsp3) is 0.444. The Kier molecular flexibility index (Phi) is 4.20. The summed E-state index contributed by atoms with van der Waals surface area (Å²) < 4.78 is 36.6. The monoisotopic (exact) mass is 238 g/mol. The van der Waals surface area contributed by atoms with Crippen molar-refractivity contribution < 1.29 is 13.2 Å². The summed E-state index contributed by atoms with van der Waals surface area (Å²) in [5.74, 6) is 0.151. The summed E-state index contributed by atoms with van der Waals surface area (Å²) in [5, 5.41) is 0. The van der Waals surface area contributed by atoms with Gasteiger partial charge < -0.3 is 4.90 Å². The van der Waals surface area contributed by atoms with E-state index in [1.54, 1.807) is 0 Å². The molecule has 1 rings (SSSR count). The molecule has 0 amide bonds. The van der Waals surface area contributed by atoms with Crippen molar-refractivity contribution in [3.63, 3.8) is 0 Å². The van der Waals surface area contributed by atoms with E-state index in [4.69, 9.17) is 11.6 Å². The minimum absolute atomic E-state index is 0.151. The topological polar surface area (TPSA) is 16.1 Å². The Morgan fingerprint density at radius 3 is 2.33 bits per heavy atom. The molecule has 0 aliphatic carbocycles. The molecule has 0 N–H and O–H groups in total. The third-order valence-corrected chi connectivity index (χ3v) is 1.92. The second-order valence-electron chi connectivity index (χ2n) is 2.93. The quantitative estimate of drug-likeness (QED) is 0.750. The van der Waals surface area contributed by atoms with Gasteiger partial charge in [-0.3, -0.25) is 4.98 Å². The van der Waals surface area contributed by atoms with E-state index in [2.05, 4.69) is 4.98 Å². The first kappa shape index (κ1) is 12.1. The van der Waals surface area contributed by atoms with Crippen molar-refractivity contribution in [2.75, 3.05) is 23.9 Å². The zero-order valence-electron chi connectivity index (χ0n) is 7.84.